The fraction of sp³-hybridized carbons (Fsp3) is 0.125. The van der Waals surface area contributed by atoms with Crippen molar-refractivity contribution in [2.45, 2.75) is 11.8 Å². The third-order valence-corrected chi connectivity index (χ3v) is 2.73. The first-order chi connectivity index (χ1) is 5.81. The molecule has 0 fully saturated rings. The van der Waals surface area contributed by atoms with Gasteiger partial charge in [-0.2, -0.15) is 5.10 Å². The van der Waals surface area contributed by atoms with Gasteiger partial charge in [0.15, 0.2) is 0 Å². The summed E-state index contributed by atoms with van der Waals surface area (Å²) in [5.41, 5.74) is 2.22. The van der Waals surface area contributed by atoms with Gasteiger partial charge in [0.25, 0.3) is 0 Å². The molecule has 4 heteroatoms. The van der Waals surface area contributed by atoms with Crippen LogP contribution in [0.3, 0.4) is 0 Å². The van der Waals surface area contributed by atoms with Crippen LogP contribution < -0.4 is 0 Å². The van der Waals surface area contributed by atoms with Crippen molar-refractivity contribution in [1.82, 2.24) is 10.2 Å². The first kappa shape index (κ1) is 7.95. The van der Waals surface area contributed by atoms with E-state index in [9.17, 15) is 0 Å². The molecule has 0 spiro atoms. The van der Waals surface area contributed by atoms with Crippen LogP contribution in [-0.4, -0.2) is 10.2 Å². The van der Waals surface area contributed by atoms with E-state index < -0.39 is 0 Å². The Bertz CT molecular complexity index is 410. The number of nitrogens with zero attached hydrogens (tertiary/aromatic N) is 1. The molecule has 62 valence electrons. The van der Waals surface area contributed by atoms with Crippen molar-refractivity contribution < 1.29 is 0 Å². The summed E-state index contributed by atoms with van der Waals surface area (Å²) in [5, 5.41) is 7.97. The Kier molecular flexibility index (Phi) is 1.98. The van der Waals surface area contributed by atoms with Crippen molar-refractivity contribution in [3.05, 3.63) is 23.9 Å². The molecule has 1 aromatic heterocycles. The van der Waals surface area contributed by atoms with Crippen LogP contribution in [0, 0.1) is 6.92 Å². The Hall–Kier alpha value is -0.670. The summed E-state index contributed by atoms with van der Waals surface area (Å²) in [7, 11) is 6.92. The predicted molar refractivity (Wildman–Crippen MR) is 52.5 cm³/mol. The van der Waals surface area contributed by atoms with Gasteiger partial charge >= 0.3 is 0 Å². The Morgan fingerprint density at radius 3 is 3.08 bits per heavy atom. The summed E-state index contributed by atoms with van der Waals surface area (Å²) >= 11 is 0. The Morgan fingerprint density at radius 2 is 2.33 bits per heavy atom. The predicted octanol–water partition coefficient (Wildman–Crippen LogP) is 3.12. The SMILES string of the molecule is Cc1cc(SCl)c2[nH]ncc2c1. The molecular formula is C8H7ClN2S. The number of fused-ring (bicyclic) bond motifs is 1. The molecule has 12 heavy (non-hydrogen) atoms. The van der Waals surface area contributed by atoms with Gasteiger partial charge in [0.1, 0.15) is 0 Å². The van der Waals surface area contributed by atoms with E-state index in [4.69, 9.17) is 10.7 Å². The summed E-state index contributed by atoms with van der Waals surface area (Å²) in [4.78, 5) is 1.03. The van der Waals surface area contributed by atoms with Crippen LogP contribution in [0.5, 0.6) is 0 Å². The van der Waals surface area contributed by atoms with Crippen molar-refractivity contribution in [2.75, 3.05) is 0 Å². The zero-order valence-corrected chi connectivity index (χ0v) is 8.04. The highest BCUT2D eigenvalue weighted by molar-refractivity contribution is 8.21. The monoisotopic (exact) mass is 198 g/mol. The molecule has 0 aliphatic carbocycles. The van der Waals surface area contributed by atoms with Crippen LogP contribution in [0.2, 0.25) is 0 Å². The maximum absolute atomic E-state index is 5.70. The van der Waals surface area contributed by atoms with Gasteiger partial charge in [0, 0.05) is 10.3 Å². The first-order valence-corrected chi connectivity index (χ1v) is 5.18. The van der Waals surface area contributed by atoms with Crippen LogP contribution in [0.15, 0.2) is 23.2 Å². The highest BCUT2D eigenvalue weighted by atomic mass is 35.7. The zero-order valence-electron chi connectivity index (χ0n) is 6.47. The fourth-order valence-corrected chi connectivity index (χ4v) is 2.07. The number of aromatic nitrogens is 2. The maximum atomic E-state index is 5.70. The standard InChI is InChI=1S/C8H7ClN2S/c1-5-2-6-4-10-11-8(6)7(3-5)12-9/h2-4H,1H3,(H,10,11). The molecule has 2 rings (SSSR count). The van der Waals surface area contributed by atoms with Gasteiger partial charge in [0.2, 0.25) is 0 Å². The van der Waals surface area contributed by atoms with Gasteiger partial charge in [-0.25, -0.2) is 0 Å². The van der Waals surface area contributed by atoms with E-state index in [-0.39, 0.29) is 0 Å². The number of hydrogen-bond acceptors (Lipinski definition) is 2. The Balaban J connectivity index is 2.80. The maximum Gasteiger partial charge on any atom is 0.0798 e. The molecular weight excluding hydrogens is 192 g/mol. The molecule has 1 heterocycles. The molecule has 0 aliphatic rings. The lowest BCUT2D eigenvalue weighted by atomic mass is 10.2. The molecule has 0 radical (unpaired) electrons. The number of aromatic amines is 1. The molecule has 1 aromatic carbocycles. The third-order valence-electron chi connectivity index (χ3n) is 1.74. The van der Waals surface area contributed by atoms with Crippen LogP contribution in [0.1, 0.15) is 5.56 Å². The summed E-state index contributed by atoms with van der Waals surface area (Å²) in [6.07, 6.45) is 1.80. The summed E-state index contributed by atoms with van der Waals surface area (Å²) in [5.74, 6) is 0. The lowest BCUT2D eigenvalue weighted by molar-refractivity contribution is 1.11. The minimum Gasteiger partial charge on any atom is -0.277 e. The number of nitrogens with one attached hydrogen (secondary N) is 1. The summed E-state index contributed by atoms with van der Waals surface area (Å²) < 4.78 is 0. The van der Waals surface area contributed by atoms with Crippen molar-refractivity contribution in [1.29, 1.82) is 0 Å². The van der Waals surface area contributed by atoms with Crippen LogP contribution >= 0.6 is 21.7 Å². The average molecular weight is 199 g/mol. The molecule has 0 aliphatic heterocycles. The molecule has 0 saturated heterocycles. The van der Waals surface area contributed by atoms with Crippen LogP contribution in [0.25, 0.3) is 10.9 Å². The minimum atomic E-state index is 1.01. The first-order valence-electron chi connectivity index (χ1n) is 3.53. The van der Waals surface area contributed by atoms with E-state index in [1.54, 1.807) is 6.20 Å². The fourth-order valence-electron chi connectivity index (χ4n) is 1.23. The number of halogens is 1. The van der Waals surface area contributed by atoms with Gasteiger partial charge in [-0.1, -0.05) is 0 Å². The smallest absolute Gasteiger partial charge is 0.0798 e. The van der Waals surface area contributed by atoms with Gasteiger partial charge in [-0.3, -0.25) is 5.10 Å². The normalized spacial score (nSPS) is 10.8. The lowest BCUT2D eigenvalue weighted by Crippen LogP contribution is -1.76. The molecule has 2 aromatic rings. The van der Waals surface area contributed by atoms with E-state index in [1.165, 1.54) is 16.5 Å². The van der Waals surface area contributed by atoms with Gasteiger partial charge < -0.3 is 0 Å². The van der Waals surface area contributed by atoms with Gasteiger partial charge in [0.05, 0.1) is 11.7 Å². The quantitative estimate of drug-likeness (QED) is 0.763. The number of rotatable bonds is 1. The number of hydrogen-bond donors (Lipinski definition) is 1. The van der Waals surface area contributed by atoms with Crippen LogP contribution in [-0.2, 0) is 0 Å². The van der Waals surface area contributed by atoms with E-state index >= 15 is 0 Å². The highest BCUT2D eigenvalue weighted by Crippen LogP contribution is 2.29. The van der Waals surface area contributed by atoms with Crippen molar-refractivity contribution in [3.63, 3.8) is 0 Å². The van der Waals surface area contributed by atoms with Crippen molar-refractivity contribution >= 4 is 32.6 Å². The number of benzene rings is 1. The molecule has 0 saturated carbocycles. The largest absolute Gasteiger partial charge is 0.277 e. The minimum absolute atomic E-state index is 1.01. The molecule has 0 atom stereocenters. The number of aryl methyl sites for hydroxylation is 1. The molecule has 2 nitrogen and oxygen atoms in total. The van der Waals surface area contributed by atoms with Crippen molar-refractivity contribution in [2.24, 2.45) is 0 Å². The molecule has 0 unspecified atom stereocenters. The van der Waals surface area contributed by atoms with E-state index in [2.05, 4.69) is 16.3 Å². The molecule has 0 amide bonds. The second kappa shape index (κ2) is 2.99. The van der Waals surface area contributed by atoms with Crippen LogP contribution in [0.4, 0.5) is 0 Å². The van der Waals surface area contributed by atoms with Gasteiger partial charge in [-0.05, 0) is 46.3 Å². The van der Waals surface area contributed by atoms with E-state index in [1.807, 2.05) is 13.0 Å². The summed E-state index contributed by atoms with van der Waals surface area (Å²) in [6.45, 7) is 2.04. The van der Waals surface area contributed by atoms with Crippen molar-refractivity contribution in [3.8, 4) is 0 Å². The molecule has 0 bridgehead atoms. The number of H-pyrrole nitrogens is 1. The Labute approximate surface area is 78.8 Å². The Morgan fingerprint density at radius 1 is 1.50 bits per heavy atom. The highest BCUT2D eigenvalue weighted by Gasteiger charge is 2.03. The topological polar surface area (TPSA) is 28.7 Å². The van der Waals surface area contributed by atoms with Gasteiger partial charge in [-0.15, -0.1) is 0 Å². The van der Waals surface area contributed by atoms with E-state index in [0.29, 0.717) is 0 Å². The lowest BCUT2D eigenvalue weighted by Gasteiger charge is -1.98. The average Bonchev–Trinajstić information content (AvgIpc) is 2.50. The second-order valence-electron chi connectivity index (χ2n) is 2.67. The second-order valence-corrected chi connectivity index (χ2v) is 3.73. The zero-order chi connectivity index (χ0) is 8.55. The van der Waals surface area contributed by atoms with E-state index in [0.717, 1.165) is 15.8 Å². The third kappa shape index (κ3) is 1.19. The summed E-state index contributed by atoms with van der Waals surface area (Å²) in [6, 6.07) is 4.12. The molecule has 1 N–H and O–H groups in total.